The third-order valence-electron chi connectivity index (χ3n) is 2.89. The maximum absolute atomic E-state index is 10.6. The highest BCUT2D eigenvalue weighted by molar-refractivity contribution is 6.33. The molecule has 1 unspecified atom stereocenters. The van der Waals surface area contributed by atoms with E-state index in [4.69, 9.17) is 31.9 Å². The van der Waals surface area contributed by atoms with Crippen molar-refractivity contribution in [2.75, 3.05) is 6.79 Å². The van der Waals surface area contributed by atoms with Crippen molar-refractivity contribution in [2.45, 2.75) is 25.8 Å². The molecule has 2 rings (SSSR count). The van der Waals surface area contributed by atoms with E-state index in [0.29, 0.717) is 22.9 Å². The van der Waals surface area contributed by atoms with Crippen LogP contribution in [-0.4, -0.2) is 17.9 Å². The van der Waals surface area contributed by atoms with Crippen LogP contribution in [0.1, 0.15) is 30.0 Å². The number of carbonyl (C=O) groups is 1. The Morgan fingerprint density at radius 1 is 1.61 bits per heavy atom. The Hall–Kier alpha value is -1.46. The number of carboxylic acids is 1. The Kier molecular flexibility index (Phi) is 3.63. The molecule has 0 bridgehead atoms. The van der Waals surface area contributed by atoms with Crippen LogP contribution in [0.5, 0.6) is 11.5 Å². The van der Waals surface area contributed by atoms with Crippen LogP contribution in [0.3, 0.4) is 0 Å². The van der Waals surface area contributed by atoms with Crippen LogP contribution in [-0.2, 0) is 4.79 Å². The average Bonchev–Trinajstić information content (AvgIpc) is 2.74. The average molecular weight is 272 g/mol. The van der Waals surface area contributed by atoms with E-state index in [9.17, 15) is 4.79 Å². The molecule has 0 aromatic heterocycles. The number of carboxylic acid groups (broad SMARTS) is 1. The second kappa shape index (κ2) is 5.04. The molecule has 0 aliphatic carbocycles. The Morgan fingerprint density at radius 2 is 2.33 bits per heavy atom. The van der Waals surface area contributed by atoms with Gasteiger partial charge in [0.25, 0.3) is 0 Å². The minimum atomic E-state index is -0.875. The van der Waals surface area contributed by atoms with E-state index in [-0.39, 0.29) is 13.2 Å². The number of fused-ring (bicyclic) bond motifs is 1. The molecule has 1 heterocycles. The molecule has 0 amide bonds. The number of aryl methyl sites for hydroxylation is 1. The standard InChI is InChI=1S/C12H14ClNO4/c1-6-4-8-12(18-5-17-8)11(13)10(6)7(14)2-3-9(15)16/h4,7H,2-3,5,14H2,1H3,(H,15,16). The van der Waals surface area contributed by atoms with Crippen molar-refractivity contribution in [3.63, 3.8) is 0 Å². The number of benzene rings is 1. The monoisotopic (exact) mass is 271 g/mol. The summed E-state index contributed by atoms with van der Waals surface area (Å²) in [6.07, 6.45) is 0.334. The largest absolute Gasteiger partial charge is 0.481 e. The lowest BCUT2D eigenvalue weighted by Gasteiger charge is -2.17. The summed E-state index contributed by atoms with van der Waals surface area (Å²) >= 11 is 6.24. The highest BCUT2D eigenvalue weighted by Gasteiger charge is 2.24. The van der Waals surface area contributed by atoms with E-state index in [1.54, 1.807) is 0 Å². The number of nitrogens with two attached hydrogens (primary N) is 1. The lowest BCUT2D eigenvalue weighted by atomic mass is 9.97. The van der Waals surface area contributed by atoms with Crippen LogP contribution < -0.4 is 15.2 Å². The van der Waals surface area contributed by atoms with Gasteiger partial charge in [-0.2, -0.15) is 0 Å². The summed E-state index contributed by atoms with van der Waals surface area (Å²) in [6.45, 7) is 2.01. The van der Waals surface area contributed by atoms with E-state index < -0.39 is 12.0 Å². The molecule has 0 radical (unpaired) electrons. The molecule has 5 nitrogen and oxygen atoms in total. The number of ether oxygens (including phenoxy) is 2. The summed E-state index contributed by atoms with van der Waals surface area (Å²) in [7, 11) is 0. The lowest BCUT2D eigenvalue weighted by molar-refractivity contribution is -0.137. The number of rotatable bonds is 4. The van der Waals surface area contributed by atoms with Crippen molar-refractivity contribution in [3.8, 4) is 11.5 Å². The van der Waals surface area contributed by atoms with Gasteiger partial charge in [0.2, 0.25) is 6.79 Å². The molecule has 0 spiro atoms. The van der Waals surface area contributed by atoms with Crippen molar-refractivity contribution in [2.24, 2.45) is 5.73 Å². The maximum Gasteiger partial charge on any atom is 0.303 e. The quantitative estimate of drug-likeness (QED) is 0.878. The van der Waals surface area contributed by atoms with Gasteiger partial charge < -0.3 is 20.3 Å². The summed E-state index contributed by atoms with van der Waals surface area (Å²) in [5, 5.41) is 9.09. The molecule has 1 atom stereocenters. The van der Waals surface area contributed by atoms with Gasteiger partial charge in [-0.15, -0.1) is 0 Å². The summed E-state index contributed by atoms with van der Waals surface area (Å²) in [5.41, 5.74) is 7.60. The van der Waals surface area contributed by atoms with Crippen molar-refractivity contribution in [3.05, 3.63) is 22.2 Å². The van der Waals surface area contributed by atoms with Crippen molar-refractivity contribution in [1.29, 1.82) is 0 Å². The Balaban J connectivity index is 2.30. The summed E-state index contributed by atoms with van der Waals surface area (Å²) in [6, 6.07) is 1.38. The minimum absolute atomic E-state index is 0.00533. The first-order valence-electron chi connectivity index (χ1n) is 5.56. The number of halogens is 1. The van der Waals surface area contributed by atoms with Gasteiger partial charge in [0.1, 0.15) is 0 Å². The molecular weight excluding hydrogens is 258 g/mol. The first kappa shape index (κ1) is 13.0. The Morgan fingerprint density at radius 3 is 3.00 bits per heavy atom. The van der Waals surface area contributed by atoms with Gasteiger partial charge in [-0.1, -0.05) is 11.6 Å². The highest BCUT2D eigenvalue weighted by atomic mass is 35.5. The molecule has 1 aliphatic heterocycles. The number of hydrogen-bond acceptors (Lipinski definition) is 4. The zero-order valence-electron chi connectivity index (χ0n) is 9.90. The molecule has 0 saturated carbocycles. The van der Waals surface area contributed by atoms with Crippen LogP contribution >= 0.6 is 11.6 Å². The first-order valence-corrected chi connectivity index (χ1v) is 5.94. The Bertz CT molecular complexity index is 489. The molecule has 6 heteroatoms. The zero-order valence-corrected chi connectivity index (χ0v) is 10.7. The fourth-order valence-electron chi connectivity index (χ4n) is 2.02. The van der Waals surface area contributed by atoms with Gasteiger partial charge >= 0.3 is 5.97 Å². The van der Waals surface area contributed by atoms with Crippen LogP contribution in [0.2, 0.25) is 5.02 Å². The van der Waals surface area contributed by atoms with Gasteiger partial charge in [0.05, 0.1) is 5.02 Å². The molecule has 0 fully saturated rings. The van der Waals surface area contributed by atoms with Crippen LogP contribution in [0, 0.1) is 6.92 Å². The smallest absolute Gasteiger partial charge is 0.303 e. The third-order valence-corrected chi connectivity index (χ3v) is 3.26. The van der Waals surface area contributed by atoms with Gasteiger partial charge in [-0.3, -0.25) is 4.79 Å². The van der Waals surface area contributed by atoms with Crippen molar-refractivity contribution >= 4 is 17.6 Å². The topological polar surface area (TPSA) is 81.8 Å². The van der Waals surface area contributed by atoms with Crippen molar-refractivity contribution < 1.29 is 19.4 Å². The fourth-order valence-corrected chi connectivity index (χ4v) is 2.45. The SMILES string of the molecule is Cc1cc2c(c(Cl)c1C(N)CCC(=O)O)OCO2. The molecule has 3 N–H and O–H groups in total. The fraction of sp³-hybridized carbons (Fsp3) is 0.417. The number of aliphatic carboxylic acids is 1. The second-order valence-electron chi connectivity index (χ2n) is 4.19. The molecule has 18 heavy (non-hydrogen) atoms. The van der Waals surface area contributed by atoms with E-state index in [0.717, 1.165) is 11.1 Å². The summed E-state index contributed by atoms with van der Waals surface area (Å²) in [5.74, 6) is 0.217. The normalized spacial score (nSPS) is 14.6. The molecule has 1 aromatic rings. The zero-order chi connectivity index (χ0) is 13.3. The molecule has 1 aliphatic rings. The van der Waals surface area contributed by atoms with Gasteiger partial charge in [-0.05, 0) is 30.5 Å². The summed E-state index contributed by atoms with van der Waals surface area (Å²) < 4.78 is 10.5. The van der Waals surface area contributed by atoms with Crippen LogP contribution in [0.4, 0.5) is 0 Å². The summed E-state index contributed by atoms with van der Waals surface area (Å²) in [4.78, 5) is 10.6. The lowest BCUT2D eigenvalue weighted by Crippen LogP contribution is -2.14. The minimum Gasteiger partial charge on any atom is -0.481 e. The predicted molar refractivity (Wildman–Crippen MR) is 66.1 cm³/mol. The second-order valence-corrected chi connectivity index (χ2v) is 4.57. The first-order chi connectivity index (χ1) is 8.50. The Labute approximate surface area is 109 Å². The molecule has 1 aromatic carbocycles. The third kappa shape index (κ3) is 2.37. The molecule has 98 valence electrons. The van der Waals surface area contributed by atoms with Crippen LogP contribution in [0.25, 0.3) is 0 Å². The molecule has 0 saturated heterocycles. The van der Waals surface area contributed by atoms with E-state index in [2.05, 4.69) is 0 Å². The van der Waals surface area contributed by atoms with Gasteiger partial charge in [0, 0.05) is 12.5 Å². The van der Waals surface area contributed by atoms with Gasteiger partial charge in [-0.25, -0.2) is 0 Å². The highest BCUT2D eigenvalue weighted by Crippen LogP contribution is 2.44. The van der Waals surface area contributed by atoms with E-state index >= 15 is 0 Å². The van der Waals surface area contributed by atoms with Crippen molar-refractivity contribution in [1.82, 2.24) is 0 Å². The number of hydrogen-bond donors (Lipinski definition) is 2. The maximum atomic E-state index is 10.6. The van der Waals surface area contributed by atoms with E-state index in [1.165, 1.54) is 0 Å². The predicted octanol–water partition coefficient (Wildman–Crippen LogP) is 2.24. The van der Waals surface area contributed by atoms with Gasteiger partial charge in [0.15, 0.2) is 11.5 Å². The van der Waals surface area contributed by atoms with E-state index in [1.807, 2.05) is 13.0 Å². The van der Waals surface area contributed by atoms with Crippen LogP contribution in [0.15, 0.2) is 6.07 Å². The molecular formula is C12H14ClNO4.